The van der Waals surface area contributed by atoms with E-state index in [9.17, 15) is 0 Å². The first-order valence-electron chi connectivity index (χ1n) is 20.6. The summed E-state index contributed by atoms with van der Waals surface area (Å²) < 4.78 is 47.1. The van der Waals surface area contributed by atoms with Gasteiger partial charge in [-0.2, -0.15) is 0 Å². The van der Waals surface area contributed by atoms with Gasteiger partial charge in [-0.15, -0.1) is 11.3 Å². The number of hydrogen-bond acceptors (Lipinski definition) is 6. The van der Waals surface area contributed by atoms with Gasteiger partial charge in [0, 0.05) is 48.7 Å². The average Bonchev–Trinajstić information content (AvgIpc) is 3.86. The van der Waals surface area contributed by atoms with Crippen LogP contribution in [0.25, 0.3) is 105 Å². The number of hydrogen-bond donors (Lipinski definition) is 0. The molecule has 0 saturated carbocycles. The summed E-state index contributed by atoms with van der Waals surface area (Å²) in [5.41, 5.74) is 7.35. The molecule has 0 aliphatic heterocycles. The molecule has 6 nitrogen and oxygen atoms in total. The third-order valence-electron chi connectivity index (χ3n) is 9.97. The van der Waals surface area contributed by atoms with E-state index in [2.05, 4.69) is 53.1 Å². The molecule has 11 rings (SSSR count). The zero-order valence-corrected chi connectivity index (χ0v) is 30.3. The Hall–Kier alpha value is -7.35. The number of rotatable bonds is 6. The topological polar surface area (TPSA) is 69.4 Å². The van der Waals surface area contributed by atoms with E-state index in [0.29, 0.717) is 22.5 Å². The molecule has 0 fully saturated rings. The Balaban J connectivity index is 1.24. The van der Waals surface area contributed by atoms with Crippen LogP contribution in [0, 0.1) is 0 Å². The second-order valence-electron chi connectivity index (χ2n) is 13.3. The van der Waals surface area contributed by atoms with Crippen molar-refractivity contribution in [2.24, 2.45) is 0 Å². The zero-order valence-electron chi connectivity index (χ0n) is 34.5. The van der Waals surface area contributed by atoms with Crippen molar-refractivity contribution in [1.82, 2.24) is 29.5 Å². The largest absolute Gasteiger partial charge is 0.309 e. The van der Waals surface area contributed by atoms with E-state index in [1.54, 1.807) is 11.3 Å². The van der Waals surface area contributed by atoms with Gasteiger partial charge >= 0.3 is 0 Å². The quantitative estimate of drug-likeness (QED) is 0.170. The molecule has 0 bridgehead atoms. The van der Waals surface area contributed by atoms with Gasteiger partial charge in [0.15, 0.2) is 23.3 Å². The number of fused-ring (bicyclic) bond motifs is 6. The van der Waals surface area contributed by atoms with Gasteiger partial charge in [0.25, 0.3) is 0 Å². The van der Waals surface area contributed by atoms with Crippen molar-refractivity contribution in [2.75, 3.05) is 0 Å². The minimum Gasteiger partial charge on any atom is -0.309 e. The highest BCUT2D eigenvalue weighted by molar-refractivity contribution is 7.26. The van der Waals surface area contributed by atoms with E-state index in [0.717, 1.165) is 59.1 Å². The van der Waals surface area contributed by atoms with Gasteiger partial charge in [0.1, 0.15) is 0 Å². The maximum Gasteiger partial charge on any atom is 0.164 e. The molecular formula is C49H30N6S. The molecule has 0 saturated heterocycles. The summed E-state index contributed by atoms with van der Waals surface area (Å²) in [6.45, 7) is 0. The van der Waals surface area contributed by atoms with Crippen LogP contribution < -0.4 is 0 Å². The standard InChI is InChI=1S/C49H30N6S/c1-4-16-31(17-5-1)43-45-44(37-24-12-15-27-42(37)56-45)51-49(50-43)38-30-34(28-29-41(38)55-39-25-13-10-22-35(39)36-23-11-14-26-40(36)55)48-53-46(32-18-6-2-7-19-32)52-47(54-48)33-20-8-3-9-21-33/h1-30H/i2D,6D,7D,18D,19D. The Kier molecular flexibility index (Phi) is 6.42. The van der Waals surface area contributed by atoms with Crippen molar-refractivity contribution >= 4 is 53.4 Å². The molecule has 11 aromatic rings. The van der Waals surface area contributed by atoms with E-state index in [1.807, 2.05) is 103 Å². The minimum absolute atomic E-state index is 0.0392. The number of aromatic nitrogens is 6. The second kappa shape index (κ2) is 13.2. The second-order valence-corrected chi connectivity index (χ2v) is 14.4. The third kappa shape index (κ3) is 5.36. The molecule has 7 aromatic carbocycles. The van der Waals surface area contributed by atoms with E-state index in [4.69, 9.17) is 31.8 Å². The SMILES string of the molecule is [2H]c1c([2H])c([2H])c(-c2nc(-c3ccccc3)nc(-c3ccc(-n4c5ccccc5c5ccccc54)c(-c4nc(-c5ccccc5)c5sc6ccccc6c5n4)c3)n2)c([2H])c1[2H]. The molecule has 4 heterocycles. The van der Waals surface area contributed by atoms with Crippen LogP contribution in [0.5, 0.6) is 0 Å². The summed E-state index contributed by atoms with van der Waals surface area (Å²) in [5.74, 6) is 0.990. The minimum atomic E-state index is -0.494. The lowest BCUT2D eigenvalue weighted by atomic mass is 10.0. The van der Waals surface area contributed by atoms with Crippen LogP contribution in [0.3, 0.4) is 0 Å². The molecule has 7 heteroatoms. The van der Waals surface area contributed by atoms with Crippen molar-refractivity contribution in [1.29, 1.82) is 0 Å². The Morgan fingerprint density at radius 3 is 1.71 bits per heavy atom. The Morgan fingerprint density at radius 1 is 0.446 bits per heavy atom. The molecule has 0 aliphatic rings. The van der Waals surface area contributed by atoms with Gasteiger partial charge in [-0.25, -0.2) is 24.9 Å². The number of benzene rings is 7. The predicted octanol–water partition coefficient (Wildman–Crippen LogP) is 12.5. The van der Waals surface area contributed by atoms with Gasteiger partial charge in [-0.3, -0.25) is 0 Å². The third-order valence-corrected chi connectivity index (χ3v) is 11.1. The maximum absolute atomic E-state index is 8.82. The summed E-state index contributed by atoms with van der Waals surface area (Å²) in [5, 5.41) is 3.24. The van der Waals surface area contributed by atoms with Crippen LogP contribution in [0.15, 0.2) is 182 Å². The Bertz CT molecular complexity index is 3470. The van der Waals surface area contributed by atoms with Gasteiger partial charge < -0.3 is 4.57 Å². The van der Waals surface area contributed by atoms with Gasteiger partial charge in [-0.05, 0) is 36.4 Å². The predicted molar refractivity (Wildman–Crippen MR) is 230 cm³/mol. The number of para-hydroxylation sites is 2. The molecular weight excluding hydrogens is 705 g/mol. The lowest BCUT2D eigenvalue weighted by molar-refractivity contribution is 1.07. The molecule has 0 radical (unpaired) electrons. The first-order valence-corrected chi connectivity index (χ1v) is 18.9. The van der Waals surface area contributed by atoms with E-state index < -0.39 is 30.2 Å². The highest BCUT2D eigenvalue weighted by Gasteiger charge is 2.22. The highest BCUT2D eigenvalue weighted by atomic mass is 32.1. The van der Waals surface area contributed by atoms with Crippen molar-refractivity contribution in [2.45, 2.75) is 0 Å². The Labute approximate surface area is 333 Å². The van der Waals surface area contributed by atoms with Crippen molar-refractivity contribution in [3.8, 4) is 62.5 Å². The fraction of sp³-hybridized carbons (Fsp3) is 0. The van der Waals surface area contributed by atoms with Crippen LogP contribution in [-0.2, 0) is 0 Å². The van der Waals surface area contributed by atoms with E-state index in [1.165, 1.54) is 0 Å². The first-order chi connectivity index (χ1) is 29.8. The highest BCUT2D eigenvalue weighted by Crippen LogP contribution is 2.42. The molecule has 4 aromatic heterocycles. The normalized spacial score (nSPS) is 12.8. The molecule has 0 amide bonds. The summed E-state index contributed by atoms with van der Waals surface area (Å²) in [6, 6.07) is 48.1. The van der Waals surface area contributed by atoms with Crippen LogP contribution in [0.4, 0.5) is 0 Å². The van der Waals surface area contributed by atoms with E-state index in [-0.39, 0.29) is 23.0 Å². The van der Waals surface area contributed by atoms with Crippen LogP contribution >= 0.6 is 11.3 Å². The molecule has 0 atom stereocenters. The van der Waals surface area contributed by atoms with Crippen LogP contribution in [-0.4, -0.2) is 29.5 Å². The fourth-order valence-corrected chi connectivity index (χ4v) is 8.58. The molecule has 0 spiro atoms. The molecule has 0 unspecified atom stereocenters. The van der Waals surface area contributed by atoms with Crippen LogP contribution in [0.2, 0.25) is 0 Å². The van der Waals surface area contributed by atoms with Gasteiger partial charge in [0.2, 0.25) is 0 Å². The van der Waals surface area contributed by atoms with Crippen molar-refractivity contribution < 1.29 is 6.85 Å². The fourth-order valence-electron chi connectivity index (χ4n) is 7.43. The van der Waals surface area contributed by atoms with Gasteiger partial charge in [0.05, 0.1) is 39.5 Å². The molecule has 56 heavy (non-hydrogen) atoms. The summed E-state index contributed by atoms with van der Waals surface area (Å²) >= 11 is 1.67. The summed E-state index contributed by atoms with van der Waals surface area (Å²) in [4.78, 5) is 25.4. The average molecular weight is 740 g/mol. The Morgan fingerprint density at radius 2 is 1.02 bits per heavy atom. The first kappa shape index (κ1) is 27.3. The molecule has 262 valence electrons. The smallest absolute Gasteiger partial charge is 0.164 e. The monoisotopic (exact) mass is 739 g/mol. The van der Waals surface area contributed by atoms with Crippen molar-refractivity contribution in [3.05, 3.63) is 182 Å². The number of thiophene rings is 1. The van der Waals surface area contributed by atoms with Crippen LogP contribution in [0.1, 0.15) is 6.85 Å². The zero-order chi connectivity index (χ0) is 41.4. The lowest BCUT2D eigenvalue weighted by Crippen LogP contribution is -2.03. The number of nitrogens with zero attached hydrogens (tertiary/aromatic N) is 6. The summed E-state index contributed by atoms with van der Waals surface area (Å²) in [6.07, 6.45) is 0. The van der Waals surface area contributed by atoms with Crippen molar-refractivity contribution in [3.63, 3.8) is 0 Å². The molecule has 0 N–H and O–H groups in total. The lowest BCUT2D eigenvalue weighted by Gasteiger charge is -2.16. The maximum atomic E-state index is 8.82. The van der Waals surface area contributed by atoms with Gasteiger partial charge in [-0.1, -0.05) is 145 Å². The molecule has 0 aliphatic carbocycles. The van der Waals surface area contributed by atoms with E-state index >= 15 is 0 Å². The summed E-state index contributed by atoms with van der Waals surface area (Å²) in [7, 11) is 0.